The van der Waals surface area contributed by atoms with Gasteiger partial charge in [-0.05, 0) is 6.42 Å². The van der Waals surface area contributed by atoms with Gasteiger partial charge >= 0.3 is 0 Å². The predicted molar refractivity (Wildman–Crippen MR) is 62.7 cm³/mol. The fourth-order valence-corrected chi connectivity index (χ4v) is 1.20. The van der Waals surface area contributed by atoms with Gasteiger partial charge in [0.15, 0.2) is 0 Å². The van der Waals surface area contributed by atoms with Crippen molar-refractivity contribution in [3.8, 4) is 5.95 Å². The van der Waals surface area contributed by atoms with E-state index in [0.29, 0.717) is 24.9 Å². The van der Waals surface area contributed by atoms with E-state index in [0.717, 1.165) is 0 Å². The Morgan fingerprint density at radius 2 is 2.11 bits per heavy atom. The largest absolute Gasteiger partial charge is 0.396 e. The maximum Gasteiger partial charge on any atom is 0.258 e. The maximum atomic E-state index is 8.70. The van der Waals surface area contributed by atoms with Crippen LogP contribution >= 0.6 is 0 Å². The fraction of sp³-hybridized carbons (Fsp3) is 0.375. The number of aliphatic hydroxyl groups excluding tert-OH is 1. The molecular weight excluding hydrogens is 238 g/mol. The van der Waals surface area contributed by atoms with Crippen LogP contribution in [0.3, 0.4) is 0 Å². The molecule has 0 saturated heterocycles. The van der Waals surface area contributed by atoms with Gasteiger partial charge in [0.05, 0.1) is 0 Å². The number of hydrazine groups is 1. The minimum atomic E-state index is 0.0933. The van der Waals surface area contributed by atoms with Gasteiger partial charge in [0.25, 0.3) is 5.95 Å². The standard InChI is InChI=1S/C8H13N9O/c9-16-7-13-6(11-2-1-3-18)14-8(15-7)17-5-10-4-12-17/h4-5,18H,1-3,9H2,(H2,11,13,14,15,16). The minimum Gasteiger partial charge on any atom is -0.396 e. The van der Waals surface area contributed by atoms with E-state index in [1.807, 2.05) is 0 Å². The lowest BCUT2D eigenvalue weighted by atomic mass is 10.4. The second-order valence-corrected chi connectivity index (χ2v) is 3.27. The van der Waals surface area contributed by atoms with Crippen LogP contribution in [0.2, 0.25) is 0 Å². The summed E-state index contributed by atoms with van der Waals surface area (Å²) in [4.78, 5) is 16.0. The summed E-state index contributed by atoms with van der Waals surface area (Å²) in [7, 11) is 0. The van der Waals surface area contributed by atoms with E-state index < -0.39 is 0 Å². The van der Waals surface area contributed by atoms with Gasteiger partial charge in [0, 0.05) is 13.2 Å². The molecule has 18 heavy (non-hydrogen) atoms. The number of nitrogens with two attached hydrogens (primary N) is 1. The van der Waals surface area contributed by atoms with E-state index in [1.54, 1.807) is 0 Å². The lowest BCUT2D eigenvalue weighted by Gasteiger charge is -2.07. The summed E-state index contributed by atoms with van der Waals surface area (Å²) in [6.07, 6.45) is 3.43. The third kappa shape index (κ3) is 2.87. The van der Waals surface area contributed by atoms with Gasteiger partial charge in [-0.25, -0.2) is 10.8 Å². The van der Waals surface area contributed by atoms with Crippen LogP contribution in [0.15, 0.2) is 12.7 Å². The molecule has 5 N–H and O–H groups in total. The maximum absolute atomic E-state index is 8.70. The third-order valence-corrected chi connectivity index (χ3v) is 1.99. The average molecular weight is 251 g/mol. The van der Waals surface area contributed by atoms with Gasteiger partial charge < -0.3 is 10.4 Å². The first-order chi connectivity index (χ1) is 8.83. The highest BCUT2D eigenvalue weighted by atomic mass is 16.3. The topological polar surface area (TPSA) is 140 Å². The van der Waals surface area contributed by atoms with Crippen molar-refractivity contribution < 1.29 is 5.11 Å². The number of aromatic nitrogens is 6. The van der Waals surface area contributed by atoms with Crippen molar-refractivity contribution in [2.45, 2.75) is 6.42 Å². The number of nitrogen functional groups attached to an aromatic ring is 1. The summed E-state index contributed by atoms with van der Waals surface area (Å²) in [6, 6.07) is 0. The number of aliphatic hydroxyl groups is 1. The molecule has 2 heterocycles. The van der Waals surface area contributed by atoms with E-state index in [9.17, 15) is 0 Å². The van der Waals surface area contributed by atoms with Crippen LogP contribution in [0.1, 0.15) is 6.42 Å². The van der Waals surface area contributed by atoms with Crippen molar-refractivity contribution in [3.05, 3.63) is 12.7 Å². The van der Waals surface area contributed by atoms with Gasteiger partial charge in [-0.3, -0.25) is 5.43 Å². The molecule has 0 aliphatic rings. The molecule has 0 amide bonds. The Morgan fingerprint density at radius 1 is 1.28 bits per heavy atom. The number of rotatable bonds is 6. The average Bonchev–Trinajstić information content (AvgIpc) is 2.92. The van der Waals surface area contributed by atoms with Crippen LogP contribution in [0.25, 0.3) is 5.95 Å². The first-order valence-electron chi connectivity index (χ1n) is 5.26. The van der Waals surface area contributed by atoms with Crippen LogP contribution in [-0.4, -0.2) is 48.0 Å². The Kier molecular flexibility index (Phi) is 3.94. The molecule has 0 spiro atoms. The van der Waals surface area contributed by atoms with E-state index in [4.69, 9.17) is 10.9 Å². The molecule has 0 fully saturated rings. The molecule has 0 aromatic carbocycles. The van der Waals surface area contributed by atoms with Crippen molar-refractivity contribution in [2.75, 3.05) is 23.9 Å². The normalized spacial score (nSPS) is 10.3. The third-order valence-electron chi connectivity index (χ3n) is 1.99. The Labute approximate surface area is 102 Å². The summed E-state index contributed by atoms with van der Waals surface area (Å²) in [5, 5.41) is 15.6. The fourth-order valence-electron chi connectivity index (χ4n) is 1.20. The van der Waals surface area contributed by atoms with Crippen LogP contribution in [0.4, 0.5) is 11.9 Å². The summed E-state index contributed by atoms with van der Waals surface area (Å²) in [5.74, 6) is 6.13. The Hall–Kier alpha value is -2.33. The molecular formula is C8H13N9O. The molecule has 0 unspecified atom stereocenters. The van der Waals surface area contributed by atoms with Crippen molar-refractivity contribution in [2.24, 2.45) is 5.84 Å². The number of anilines is 2. The molecule has 96 valence electrons. The van der Waals surface area contributed by atoms with E-state index in [2.05, 4.69) is 35.8 Å². The highest BCUT2D eigenvalue weighted by molar-refractivity contribution is 5.36. The molecule has 0 atom stereocenters. The molecule has 0 aliphatic heterocycles. The van der Waals surface area contributed by atoms with E-state index in [1.165, 1.54) is 17.3 Å². The van der Waals surface area contributed by atoms with Crippen molar-refractivity contribution in [3.63, 3.8) is 0 Å². The van der Waals surface area contributed by atoms with E-state index in [-0.39, 0.29) is 12.6 Å². The number of hydrogen-bond donors (Lipinski definition) is 4. The Balaban J connectivity index is 2.22. The van der Waals surface area contributed by atoms with Gasteiger partial charge in [0.1, 0.15) is 12.7 Å². The summed E-state index contributed by atoms with van der Waals surface area (Å²) < 4.78 is 1.39. The number of hydrogen-bond acceptors (Lipinski definition) is 9. The van der Waals surface area contributed by atoms with Gasteiger partial charge in [-0.2, -0.15) is 24.7 Å². The second kappa shape index (κ2) is 5.84. The predicted octanol–water partition coefficient (Wildman–Crippen LogP) is -1.47. The van der Waals surface area contributed by atoms with Gasteiger partial charge in [-0.1, -0.05) is 0 Å². The summed E-state index contributed by atoms with van der Waals surface area (Å²) in [5.41, 5.74) is 2.35. The SMILES string of the molecule is NNc1nc(NCCCO)nc(-n2cncn2)n1. The lowest BCUT2D eigenvalue weighted by Crippen LogP contribution is -2.16. The Morgan fingerprint density at radius 3 is 2.78 bits per heavy atom. The monoisotopic (exact) mass is 251 g/mol. The highest BCUT2D eigenvalue weighted by Crippen LogP contribution is 2.07. The van der Waals surface area contributed by atoms with Crippen molar-refractivity contribution >= 4 is 11.9 Å². The molecule has 0 radical (unpaired) electrons. The van der Waals surface area contributed by atoms with Crippen LogP contribution in [0, 0.1) is 0 Å². The van der Waals surface area contributed by atoms with Crippen molar-refractivity contribution in [1.29, 1.82) is 0 Å². The van der Waals surface area contributed by atoms with Gasteiger partial charge in [0.2, 0.25) is 11.9 Å². The lowest BCUT2D eigenvalue weighted by molar-refractivity contribution is 0.292. The summed E-state index contributed by atoms with van der Waals surface area (Å²) >= 11 is 0. The number of nitrogens with zero attached hydrogens (tertiary/aromatic N) is 6. The summed E-state index contributed by atoms with van der Waals surface area (Å²) in [6.45, 7) is 0.636. The van der Waals surface area contributed by atoms with Crippen LogP contribution in [-0.2, 0) is 0 Å². The smallest absolute Gasteiger partial charge is 0.258 e. The van der Waals surface area contributed by atoms with E-state index >= 15 is 0 Å². The number of nitrogens with one attached hydrogen (secondary N) is 2. The zero-order valence-corrected chi connectivity index (χ0v) is 9.48. The second-order valence-electron chi connectivity index (χ2n) is 3.27. The highest BCUT2D eigenvalue weighted by Gasteiger charge is 2.07. The zero-order valence-electron chi connectivity index (χ0n) is 9.48. The Bertz CT molecular complexity index is 485. The molecule has 0 bridgehead atoms. The molecule has 0 saturated carbocycles. The molecule has 0 aliphatic carbocycles. The van der Waals surface area contributed by atoms with Crippen LogP contribution in [0.5, 0.6) is 0 Å². The first-order valence-corrected chi connectivity index (χ1v) is 5.26. The molecule has 2 aromatic heterocycles. The molecule has 10 nitrogen and oxygen atoms in total. The molecule has 10 heteroatoms. The van der Waals surface area contributed by atoms with Crippen molar-refractivity contribution in [1.82, 2.24) is 29.7 Å². The first kappa shape index (κ1) is 12.1. The molecule has 2 rings (SSSR count). The zero-order chi connectivity index (χ0) is 12.8. The molecule has 2 aromatic rings. The van der Waals surface area contributed by atoms with Gasteiger partial charge in [-0.15, -0.1) is 0 Å². The minimum absolute atomic E-state index is 0.0933. The van der Waals surface area contributed by atoms with Crippen LogP contribution < -0.4 is 16.6 Å². The quantitative estimate of drug-likeness (QED) is 0.275.